The van der Waals surface area contributed by atoms with Gasteiger partial charge in [0.15, 0.2) is 6.04 Å². The summed E-state index contributed by atoms with van der Waals surface area (Å²) in [4.78, 5) is 39.9. The second-order valence-corrected chi connectivity index (χ2v) is 7.88. The van der Waals surface area contributed by atoms with Gasteiger partial charge in [0.2, 0.25) is 5.91 Å². The van der Waals surface area contributed by atoms with Crippen LogP contribution in [0.4, 0.5) is 15.8 Å². The summed E-state index contributed by atoms with van der Waals surface area (Å²) < 4.78 is 19.7. The zero-order chi connectivity index (χ0) is 21.1. The highest BCUT2D eigenvalue weighted by molar-refractivity contribution is 6.09. The predicted molar refractivity (Wildman–Crippen MR) is 106 cm³/mol. The van der Waals surface area contributed by atoms with E-state index in [-0.39, 0.29) is 42.4 Å². The van der Waals surface area contributed by atoms with E-state index in [4.69, 9.17) is 10.5 Å². The summed E-state index contributed by atoms with van der Waals surface area (Å²) in [5.74, 6) is -2.02. The van der Waals surface area contributed by atoms with E-state index < -0.39 is 23.7 Å². The smallest absolute Gasteiger partial charge is 0.253 e. The van der Waals surface area contributed by atoms with Crippen LogP contribution < -0.4 is 16.0 Å². The third-order valence-electron chi connectivity index (χ3n) is 4.93. The molecule has 9 heteroatoms. The second-order valence-electron chi connectivity index (χ2n) is 7.88. The maximum absolute atomic E-state index is 14.6. The Morgan fingerprint density at radius 1 is 1.38 bits per heavy atom. The summed E-state index contributed by atoms with van der Waals surface area (Å²) >= 11 is 0. The quantitative estimate of drug-likeness (QED) is 0.629. The lowest BCUT2D eigenvalue weighted by molar-refractivity contribution is -0.133. The van der Waals surface area contributed by atoms with Crippen molar-refractivity contribution in [1.82, 2.24) is 4.90 Å². The molecular weight excluding hydrogens is 379 g/mol. The summed E-state index contributed by atoms with van der Waals surface area (Å²) in [6.45, 7) is 5.08. The number of amides is 3. The van der Waals surface area contributed by atoms with Crippen LogP contribution in [0, 0.1) is 11.7 Å². The first-order chi connectivity index (χ1) is 13.8. The maximum atomic E-state index is 14.6. The van der Waals surface area contributed by atoms with E-state index in [9.17, 15) is 18.8 Å². The zero-order valence-corrected chi connectivity index (χ0v) is 16.7. The lowest BCUT2D eigenvalue weighted by Crippen LogP contribution is -2.54. The highest BCUT2D eigenvalue weighted by Gasteiger charge is 2.40. The molecule has 1 aliphatic carbocycles. The number of benzene rings is 1. The first-order valence-electron chi connectivity index (χ1n) is 9.81. The van der Waals surface area contributed by atoms with Crippen LogP contribution in [0.3, 0.4) is 0 Å². The Morgan fingerprint density at radius 2 is 2.10 bits per heavy atom. The van der Waals surface area contributed by atoms with Crippen LogP contribution in [0.5, 0.6) is 0 Å². The fourth-order valence-electron chi connectivity index (χ4n) is 3.52. The van der Waals surface area contributed by atoms with Crippen LogP contribution in [0.25, 0.3) is 0 Å². The van der Waals surface area contributed by atoms with Gasteiger partial charge >= 0.3 is 0 Å². The minimum absolute atomic E-state index is 0.0922. The normalized spacial score (nSPS) is 18.2. The second kappa shape index (κ2) is 8.87. The topological polar surface area (TPSA) is 105 Å². The molecule has 1 aromatic rings. The number of rotatable bonds is 8. The van der Waals surface area contributed by atoms with E-state index in [0.29, 0.717) is 13.2 Å². The van der Waals surface area contributed by atoms with E-state index in [2.05, 4.69) is 5.32 Å². The number of carbonyl (C=O) groups is 3. The van der Waals surface area contributed by atoms with Crippen molar-refractivity contribution < 1.29 is 23.5 Å². The molecule has 1 atom stereocenters. The fourth-order valence-corrected chi connectivity index (χ4v) is 3.52. The number of primary amides is 1. The highest BCUT2D eigenvalue weighted by Crippen LogP contribution is 2.30. The molecule has 0 unspecified atom stereocenters. The predicted octanol–water partition coefficient (Wildman–Crippen LogP) is 1.10. The van der Waals surface area contributed by atoms with Crippen LogP contribution in [-0.4, -0.2) is 61.0 Å². The van der Waals surface area contributed by atoms with Crippen LogP contribution >= 0.6 is 0 Å². The third-order valence-corrected chi connectivity index (χ3v) is 4.93. The van der Waals surface area contributed by atoms with Crippen LogP contribution in [0.1, 0.15) is 26.7 Å². The summed E-state index contributed by atoms with van der Waals surface area (Å²) in [6, 6.07) is 3.11. The minimum Gasteiger partial charge on any atom is -0.370 e. The number of anilines is 2. The van der Waals surface area contributed by atoms with Crippen molar-refractivity contribution in [1.29, 1.82) is 0 Å². The molecule has 29 heavy (non-hydrogen) atoms. The number of hydrogen-bond acceptors (Lipinski definition) is 5. The SMILES string of the molecule is CC(C)CN(C1CC1)[C@@H](C(N)=O)C(=O)Nc1ccc(N2CCOCC2=O)c(F)c1. The number of ether oxygens (including phenoxy) is 1. The zero-order valence-electron chi connectivity index (χ0n) is 16.7. The molecule has 0 bridgehead atoms. The van der Waals surface area contributed by atoms with Gasteiger partial charge in [-0.05, 0) is 37.0 Å². The van der Waals surface area contributed by atoms with Crippen molar-refractivity contribution in [3.05, 3.63) is 24.0 Å². The van der Waals surface area contributed by atoms with Gasteiger partial charge in [-0.2, -0.15) is 0 Å². The van der Waals surface area contributed by atoms with Gasteiger partial charge in [0.05, 0.1) is 12.3 Å². The number of nitrogens with two attached hydrogens (primary N) is 1. The van der Waals surface area contributed by atoms with Crippen molar-refractivity contribution >= 4 is 29.1 Å². The van der Waals surface area contributed by atoms with Crippen molar-refractivity contribution in [2.45, 2.75) is 38.8 Å². The Bertz CT molecular complexity index is 797. The Morgan fingerprint density at radius 3 is 2.66 bits per heavy atom. The third kappa shape index (κ3) is 5.10. The molecule has 1 heterocycles. The lowest BCUT2D eigenvalue weighted by Gasteiger charge is -2.30. The maximum Gasteiger partial charge on any atom is 0.253 e. The number of hydrogen-bond donors (Lipinski definition) is 2. The molecule has 158 valence electrons. The van der Waals surface area contributed by atoms with Gasteiger partial charge in [-0.15, -0.1) is 0 Å². The Labute approximate surface area is 169 Å². The average Bonchev–Trinajstić information content (AvgIpc) is 3.46. The van der Waals surface area contributed by atoms with E-state index in [0.717, 1.165) is 18.9 Å². The van der Waals surface area contributed by atoms with E-state index in [1.54, 1.807) is 0 Å². The van der Waals surface area contributed by atoms with Crippen LogP contribution in [-0.2, 0) is 19.1 Å². The number of nitrogens with one attached hydrogen (secondary N) is 1. The molecule has 0 radical (unpaired) electrons. The molecular formula is C20H27FN4O4. The first kappa shape index (κ1) is 21.2. The van der Waals surface area contributed by atoms with Crippen molar-refractivity contribution in [2.24, 2.45) is 11.7 Å². The molecule has 1 aromatic carbocycles. The van der Waals surface area contributed by atoms with Crippen molar-refractivity contribution in [2.75, 3.05) is 36.5 Å². The lowest BCUT2D eigenvalue weighted by atomic mass is 10.1. The van der Waals surface area contributed by atoms with Crippen LogP contribution in [0.2, 0.25) is 0 Å². The van der Waals surface area contributed by atoms with E-state index in [1.165, 1.54) is 17.0 Å². The first-order valence-corrected chi connectivity index (χ1v) is 9.81. The highest BCUT2D eigenvalue weighted by atomic mass is 19.1. The Kier molecular flexibility index (Phi) is 6.49. The molecule has 3 N–H and O–H groups in total. The minimum atomic E-state index is -1.12. The molecule has 0 spiro atoms. The number of carbonyl (C=O) groups excluding carboxylic acids is 3. The van der Waals surface area contributed by atoms with E-state index >= 15 is 0 Å². The van der Waals surface area contributed by atoms with Gasteiger partial charge in [-0.3, -0.25) is 19.3 Å². The molecule has 1 aliphatic heterocycles. The molecule has 3 amide bonds. The average molecular weight is 406 g/mol. The molecule has 0 aromatic heterocycles. The number of morpholine rings is 1. The van der Waals surface area contributed by atoms with Gasteiger partial charge in [0.1, 0.15) is 12.4 Å². The summed E-state index contributed by atoms with van der Waals surface area (Å²) in [5.41, 5.74) is 5.85. The van der Waals surface area contributed by atoms with Crippen molar-refractivity contribution in [3.8, 4) is 0 Å². The molecule has 3 rings (SSSR count). The summed E-state index contributed by atoms with van der Waals surface area (Å²) in [6.07, 6.45) is 1.83. The summed E-state index contributed by atoms with van der Waals surface area (Å²) in [5, 5.41) is 2.59. The van der Waals surface area contributed by atoms with Crippen molar-refractivity contribution in [3.63, 3.8) is 0 Å². The van der Waals surface area contributed by atoms with E-state index in [1.807, 2.05) is 18.7 Å². The molecule has 8 nitrogen and oxygen atoms in total. The molecule has 1 saturated carbocycles. The Hall–Kier alpha value is -2.52. The van der Waals surface area contributed by atoms with Gasteiger partial charge in [0.25, 0.3) is 11.8 Å². The number of nitrogens with zero attached hydrogens (tertiary/aromatic N) is 2. The molecule has 2 aliphatic rings. The summed E-state index contributed by atoms with van der Waals surface area (Å²) in [7, 11) is 0. The van der Waals surface area contributed by atoms with Gasteiger partial charge < -0.3 is 20.7 Å². The van der Waals surface area contributed by atoms with Gasteiger partial charge in [-0.25, -0.2) is 4.39 Å². The van der Waals surface area contributed by atoms with Gasteiger partial charge in [0, 0.05) is 24.8 Å². The monoisotopic (exact) mass is 406 g/mol. The largest absolute Gasteiger partial charge is 0.370 e. The number of halogens is 1. The molecule has 1 saturated heterocycles. The Balaban J connectivity index is 1.75. The van der Waals surface area contributed by atoms with Gasteiger partial charge in [-0.1, -0.05) is 13.8 Å². The standard InChI is InChI=1S/C20H27FN4O4/c1-12(2)10-25(14-4-5-14)18(19(22)27)20(28)23-13-3-6-16(15(21)9-13)24-7-8-29-11-17(24)26/h3,6,9,12,14,18H,4-5,7-8,10-11H2,1-2H3,(H2,22,27)(H,23,28)/t18-/m0/s1. The van der Waals surface area contributed by atoms with Crippen LogP contribution in [0.15, 0.2) is 18.2 Å². The fraction of sp³-hybridized carbons (Fsp3) is 0.550. The molecule has 2 fully saturated rings.